The molecule has 0 amide bonds. The van der Waals surface area contributed by atoms with Crippen molar-refractivity contribution in [2.45, 2.75) is 37.9 Å². The van der Waals surface area contributed by atoms with Gasteiger partial charge in [-0.3, -0.25) is 0 Å². The zero-order valence-corrected chi connectivity index (χ0v) is 9.68. The Bertz CT molecular complexity index is 434. The lowest BCUT2D eigenvalue weighted by molar-refractivity contribution is -0.145. The second-order valence-electron chi connectivity index (χ2n) is 4.03. The number of alkyl halides is 3. The first kappa shape index (κ1) is 12.3. The van der Waals surface area contributed by atoms with Crippen molar-refractivity contribution in [3.63, 3.8) is 0 Å². The summed E-state index contributed by atoms with van der Waals surface area (Å²) in [7, 11) is 0. The normalized spacial score (nSPS) is 17.6. The third-order valence-corrected chi connectivity index (χ3v) is 3.06. The minimum absolute atomic E-state index is 0.248. The van der Waals surface area contributed by atoms with Gasteiger partial charge in [-0.2, -0.15) is 13.2 Å². The fraction of sp³-hybridized carbons (Fsp3) is 0.667. The van der Waals surface area contributed by atoms with E-state index in [1.54, 1.807) is 0 Å². The predicted molar refractivity (Wildman–Crippen MR) is 58.4 cm³/mol. The Hall–Kier alpha value is -1.18. The van der Waals surface area contributed by atoms with Crippen LogP contribution < -0.4 is 5.73 Å². The Labute approximate surface area is 101 Å². The molecule has 1 saturated carbocycles. The highest BCUT2D eigenvalue weighted by molar-refractivity contribution is 7.80. The molecule has 1 aliphatic rings. The van der Waals surface area contributed by atoms with Gasteiger partial charge in [-0.05, 0) is 12.8 Å². The molecule has 0 unspecified atom stereocenters. The molecule has 94 valence electrons. The van der Waals surface area contributed by atoms with E-state index in [0.29, 0.717) is 12.8 Å². The Kier molecular flexibility index (Phi) is 3.07. The maximum absolute atomic E-state index is 12.9. The molecule has 0 aliphatic heterocycles. The first-order valence-electron chi connectivity index (χ1n) is 5.23. The van der Waals surface area contributed by atoms with E-state index >= 15 is 0 Å². The molecule has 0 radical (unpaired) electrons. The highest BCUT2D eigenvalue weighted by Gasteiger charge is 2.41. The Balaban J connectivity index is 2.48. The molecule has 0 spiro atoms. The monoisotopic (exact) mass is 264 g/mol. The van der Waals surface area contributed by atoms with Gasteiger partial charge in [-0.15, -0.1) is 5.10 Å². The van der Waals surface area contributed by atoms with E-state index < -0.39 is 17.6 Å². The molecule has 1 aromatic heterocycles. The molecule has 1 aromatic rings. The molecule has 4 nitrogen and oxygen atoms in total. The van der Waals surface area contributed by atoms with E-state index in [2.05, 4.69) is 22.5 Å². The van der Waals surface area contributed by atoms with Crippen LogP contribution in [-0.4, -0.2) is 20.0 Å². The number of hydrogen-bond acceptors (Lipinski definition) is 3. The summed E-state index contributed by atoms with van der Waals surface area (Å²) in [5.41, 5.74) is 3.89. The first-order chi connectivity index (χ1) is 7.91. The van der Waals surface area contributed by atoms with Gasteiger partial charge in [0.25, 0.3) is 0 Å². The molecule has 2 rings (SSSR count). The Morgan fingerprint density at radius 2 is 1.94 bits per heavy atom. The SMILES string of the molecule is NC(=S)c1nnn(C2CCCC2)c1C(F)(F)F. The third-order valence-electron chi connectivity index (χ3n) is 2.87. The summed E-state index contributed by atoms with van der Waals surface area (Å²) in [5.74, 6) is 0. The second-order valence-corrected chi connectivity index (χ2v) is 4.47. The van der Waals surface area contributed by atoms with Crippen LogP contribution in [0.1, 0.15) is 43.1 Å². The van der Waals surface area contributed by atoms with Crippen molar-refractivity contribution < 1.29 is 13.2 Å². The van der Waals surface area contributed by atoms with E-state index in [0.717, 1.165) is 17.5 Å². The van der Waals surface area contributed by atoms with Crippen LogP contribution in [0, 0.1) is 0 Å². The molecule has 2 N–H and O–H groups in total. The minimum Gasteiger partial charge on any atom is -0.388 e. The molecule has 1 heterocycles. The van der Waals surface area contributed by atoms with Crippen LogP contribution in [0.15, 0.2) is 0 Å². The molecule has 0 saturated heterocycles. The smallest absolute Gasteiger partial charge is 0.388 e. The molecule has 0 bridgehead atoms. The van der Waals surface area contributed by atoms with Gasteiger partial charge in [0.05, 0.1) is 6.04 Å². The molecule has 0 atom stereocenters. The summed E-state index contributed by atoms with van der Waals surface area (Å²) in [5, 5.41) is 7.02. The van der Waals surface area contributed by atoms with Gasteiger partial charge in [0, 0.05) is 0 Å². The largest absolute Gasteiger partial charge is 0.435 e. The summed E-state index contributed by atoms with van der Waals surface area (Å²) in [6, 6.07) is -0.248. The third kappa shape index (κ3) is 2.26. The predicted octanol–water partition coefficient (Wildman–Crippen LogP) is 2.05. The number of thiocarbonyl (C=S) groups is 1. The van der Waals surface area contributed by atoms with Gasteiger partial charge < -0.3 is 5.73 Å². The summed E-state index contributed by atoms with van der Waals surface area (Å²) in [6.07, 6.45) is -1.36. The highest BCUT2D eigenvalue weighted by atomic mass is 32.1. The van der Waals surface area contributed by atoms with E-state index in [9.17, 15) is 13.2 Å². The molecule has 0 aromatic carbocycles. The molecular formula is C9H11F3N4S. The van der Waals surface area contributed by atoms with E-state index in [1.807, 2.05) is 0 Å². The number of nitrogens with two attached hydrogens (primary N) is 1. The Morgan fingerprint density at radius 3 is 2.41 bits per heavy atom. The maximum atomic E-state index is 12.9. The van der Waals surface area contributed by atoms with Crippen molar-refractivity contribution in [2.75, 3.05) is 0 Å². The van der Waals surface area contributed by atoms with E-state index in [-0.39, 0.29) is 11.0 Å². The lowest BCUT2D eigenvalue weighted by atomic mass is 10.2. The van der Waals surface area contributed by atoms with Gasteiger partial charge in [-0.25, -0.2) is 4.68 Å². The fourth-order valence-corrected chi connectivity index (χ4v) is 2.27. The lowest BCUT2D eigenvalue weighted by Crippen LogP contribution is -2.22. The van der Waals surface area contributed by atoms with Crippen LogP contribution in [0.3, 0.4) is 0 Å². The number of hydrogen-bond donors (Lipinski definition) is 1. The summed E-state index contributed by atoms with van der Waals surface area (Å²) >= 11 is 4.57. The molecule has 17 heavy (non-hydrogen) atoms. The Morgan fingerprint density at radius 1 is 1.35 bits per heavy atom. The van der Waals surface area contributed by atoms with Crippen molar-refractivity contribution in [2.24, 2.45) is 5.73 Å². The second kappa shape index (κ2) is 4.25. The molecule has 8 heteroatoms. The summed E-state index contributed by atoms with van der Waals surface area (Å²) in [4.78, 5) is -0.374. The highest BCUT2D eigenvalue weighted by Crippen LogP contribution is 2.37. The molecular weight excluding hydrogens is 253 g/mol. The van der Waals surface area contributed by atoms with E-state index in [1.165, 1.54) is 0 Å². The standard InChI is InChI=1S/C9H11F3N4S/c10-9(11,12)7-6(8(13)17)14-15-16(7)5-3-1-2-4-5/h5H,1-4H2,(H2,13,17). The van der Waals surface area contributed by atoms with Crippen LogP contribution in [0.5, 0.6) is 0 Å². The average molecular weight is 264 g/mol. The first-order valence-corrected chi connectivity index (χ1v) is 5.64. The van der Waals surface area contributed by atoms with Crippen LogP contribution in [0.25, 0.3) is 0 Å². The number of nitrogens with zero attached hydrogens (tertiary/aromatic N) is 3. The lowest BCUT2D eigenvalue weighted by Gasteiger charge is -2.15. The quantitative estimate of drug-likeness (QED) is 0.830. The van der Waals surface area contributed by atoms with Crippen LogP contribution in [0.4, 0.5) is 13.2 Å². The minimum atomic E-state index is -4.54. The van der Waals surface area contributed by atoms with Gasteiger partial charge in [0.15, 0.2) is 11.4 Å². The van der Waals surface area contributed by atoms with Crippen molar-refractivity contribution >= 4 is 17.2 Å². The van der Waals surface area contributed by atoms with Crippen LogP contribution in [0.2, 0.25) is 0 Å². The maximum Gasteiger partial charge on any atom is 0.435 e. The van der Waals surface area contributed by atoms with Gasteiger partial charge in [0.1, 0.15) is 4.99 Å². The summed E-state index contributed by atoms with van der Waals surface area (Å²) < 4.78 is 39.8. The average Bonchev–Trinajstić information content (AvgIpc) is 2.85. The van der Waals surface area contributed by atoms with Crippen LogP contribution >= 0.6 is 12.2 Å². The van der Waals surface area contributed by atoms with Crippen molar-refractivity contribution in [3.8, 4) is 0 Å². The van der Waals surface area contributed by atoms with Crippen molar-refractivity contribution in [1.82, 2.24) is 15.0 Å². The number of aromatic nitrogens is 3. The van der Waals surface area contributed by atoms with Gasteiger partial charge in [0.2, 0.25) is 0 Å². The zero-order chi connectivity index (χ0) is 12.6. The van der Waals surface area contributed by atoms with Crippen LogP contribution in [-0.2, 0) is 6.18 Å². The topological polar surface area (TPSA) is 56.7 Å². The molecule has 1 fully saturated rings. The number of halogens is 3. The van der Waals surface area contributed by atoms with Gasteiger partial charge in [-0.1, -0.05) is 30.3 Å². The zero-order valence-electron chi connectivity index (χ0n) is 8.87. The summed E-state index contributed by atoms with van der Waals surface area (Å²) in [6.45, 7) is 0. The van der Waals surface area contributed by atoms with Gasteiger partial charge >= 0.3 is 6.18 Å². The number of rotatable bonds is 2. The van der Waals surface area contributed by atoms with Crippen molar-refractivity contribution in [3.05, 3.63) is 11.4 Å². The molecule has 1 aliphatic carbocycles. The fourth-order valence-electron chi connectivity index (χ4n) is 2.13. The van der Waals surface area contributed by atoms with Crippen molar-refractivity contribution in [1.29, 1.82) is 0 Å². The van der Waals surface area contributed by atoms with E-state index in [4.69, 9.17) is 5.73 Å².